The summed E-state index contributed by atoms with van der Waals surface area (Å²) in [7, 11) is 7.41. The maximum Gasteiger partial charge on any atom is 0.140 e. The predicted molar refractivity (Wildman–Crippen MR) is 163 cm³/mol. The Kier molecular flexibility index (Phi) is 8.06. The molecule has 8 nitrogen and oxygen atoms in total. The number of nitriles is 1. The van der Waals surface area contributed by atoms with E-state index in [9.17, 15) is 5.26 Å². The van der Waals surface area contributed by atoms with Crippen molar-refractivity contribution in [3.05, 3.63) is 102 Å². The zero-order chi connectivity index (χ0) is 28.9. The van der Waals surface area contributed by atoms with Gasteiger partial charge < -0.3 is 23.8 Å². The van der Waals surface area contributed by atoms with Crippen LogP contribution in [0.5, 0.6) is 11.5 Å². The van der Waals surface area contributed by atoms with E-state index in [-0.39, 0.29) is 0 Å². The van der Waals surface area contributed by atoms with E-state index < -0.39 is 0 Å². The van der Waals surface area contributed by atoms with Gasteiger partial charge in [0, 0.05) is 32.9 Å². The predicted octanol–water partition coefficient (Wildman–Crippen LogP) is 6.39. The number of anilines is 3. The molecule has 0 saturated carbocycles. The largest absolute Gasteiger partial charge is 0.497 e. The van der Waals surface area contributed by atoms with Gasteiger partial charge in [0.15, 0.2) is 0 Å². The van der Waals surface area contributed by atoms with Gasteiger partial charge in [-0.2, -0.15) is 5.26 Å². The molecule has 0 aliphatic heterocycles. The highest BCUT2D eigenvalue weighted by Gasteiger charge is 2.19. The first kappa shape index (κ1) is 27.5. The Bertz CT molecular complexity index is 1640. The minimum Gasteiger partial charge on any atom is -0.497 e. The van der Waals surface area contributed by atoms with Crippen molar-refractivity contribution >= 4 is 28.1 Å². The molecule has 0 atom stereocenters. The second-order valence-corrected chi connectivity index (χ2v) is 9.96. The molecule has 0 amide bonds. The Labute approximate surface area is 241 Å². The number of nitrogens with zero attached hydrogens (tertiary/aromatic N) is 6. The summed E-state index contributed by atoms with van der Waals surface area (Å²) in [5, 5.41) is 9.37. The minimum absolute atomic E-state index is 0.423. The van der Waals surface area contributed by atoms with Gasteiger partial charge >= 0.3 is 0 Å². The zero-order valence-corrected chi connectivity index (χ0v) is 24.1. The van der Waals surface area contributed by atoms with E-state index in [0.29, 0.717) is 18.8 Å². The van der Waals surface area contributed by atoms with Gasteiger partial charge in [-0.1, -0.05) is 31.2 Å². The molecule has 2 aromatic heterocycles. The van der Waals surface area contributed by atoms with Crippen molar-refractivity contribution in [2.75, 3.05) is 31.1 Å². The van der Waals surface area contributed by atoms with E-state index in [4.69, 9.17) is 14.5 Å². The van der Waals surface area contributed by atoms with Crippen molar-refractivity contribution in [2.45, 2.75) is 26.4 Å². The zero-order valence-electron chi connectivity index (χ0n) is 24.1. The van der Waals surface area contributed by atoms with Gasteiger partial charge in [-0.25, -0.2) is 9.97 Å². The summed E-state index contributed by atoms with van der Waals surface area (Å²) in [5.74, 6) is 1.66. The van der Waals surface area contributed by atoms with Crippen LogP contribution in [0.1, 0.15) is 29.3 Å². The molecule has 0 fully saturated rings. The van der Waals surface area contributed by atoms with Gasteiger partial charge in [-0.15, -0.1) is 0 Å². The van der Waals surface area contributed by atoms with Gasteiger partial charge in [0.1, 0.15) is 28.8 Å². The van der Waals surface area contributed by atoms with Gasteiger partial charge in [0.05, 0.1) is 43.6 Å². The molecule has 41 heavy (non-hydrogen) atoms. The Balaban J connectivity index is 1.62. The van der Waals surface area contributed by atoms with Crippen molar-refractivity contribution in [2.24, 2.45) is 7.05 Å². The quantitative estimate of drug-likeness (QED) is 0.201. The van der Waals surface area contributed by atoms with Crippen LogP contribution in [0.4, 0.5) is 17.1 Å². The van der Waals surface area contributed by atoms with Crippen molar-refractivity contribution in [3.8, 4) is 17.6 Å². The molecule has 0 spiro atoms. The Hall–Kier alpha value is -5.03. The monoisotopic (exact) mass is 546 g/mol. The second-order valence-electron chi connectivity index (χ2n) is 9.96. The number of fused-ring (bicyclic) bond motifs is 1. The van der Waals surface area contributed by atoms with E-state index in [1.807, 2.05) is 55.3 Å². The molecule has 3 aromatic carbocycles. The summed E-state index contributed by atoms with van der Waals surface area (Å²) in [6, 6.07) is 24.7. The molecule has 8 heteroatoms. The Morgan fingerprint density at radius 1 is 0.854 bits per heavy atom. The highest BCUT2D eigenvalue weighted by Crippen LogP contribution is 2.36. The van der Waals surface area contributed by atoms with Crippen LogP contribution in [0.3, 0.4) is 0 Å². The standard InChI is InChI=1S/C33H34N6O2/c1-6-25-15-26(18-34)35-19-32(25)38(3)27-16-30-33(36-22-37(30)2)31(17-27)39(20-23-7-11-28(40-4)12-8-23)21-24-9-13-29(41-5)14-10-24/h7-17,19,22H,6,20-21H2,1-5H3. The molecule has 5 aromatic rings. The van der Waals surface area contributed by atoms with Crippen LogP contribution >= 0.6 is 0 Å². The first-order valence-electron chi connectivity index (χ1n) is 13.5. The van der Waals surface area contributed by atoms with E-state index in [1.165, 1.54) is 0 Å². The van der Waals surface area contributed by atoms with E-state index in [2.05, 4.69) is 64.2 Å². The first-order valence-corrected chi connectivity index (χ1v) is 13.5. The van der Waals surface area contributed by atoms with Crippen LogP contribution in [-0.2, 0) is 26.6 Å². The number of aryl methyl sites for hydroxylation is 2. The second kappa shape index (κ2) is 12.0. The average molecular weight is 547 g/mol. The van der Waals surface area contributed by atoms with Crippen molar-refractivity contribution in [3.63, 3.8) is 0 Å². The SMILES string of the molecule is CCc1cc(C#N)ncc1N(C)c1cc(N(Cc2ccc(OC)cc2)Cc2ccc(OC)cc2)c2ncn(C)c2c1. The van der Waals surface area contributed by atoms with E-state index in [1.54, 1.807) is 20.4 Å². The topological polar surface area (TPSA) is 79.4 Å². The number of methoxy groups -OCH3 is 2. The number of rotatable bonds is 10. The van der Waals surface area contributed by atoms with Crippen LogP contribution in [0.2, 0.25) is 0 Å². The lowest BCUT2D eigenvalue weighted by Crippen LogP contribution is -2.23. The van der Waals surface area contributed by atoms with Crippen LogP contribution in [0, 0.1) is 11.3 Å². The summed E-state index contributed by atoms with van der Waals surface area (Å²) < 4.78 is 12.8. The highest BCUT2D eigenvalue weighted by molar-refractivity contribution is 5.93. The third-order valence-corrected chi connectivity index (χ3v) is 7.41. The molecule has 2 heterocycles. The fraction of sp³-hybridized carbons (Fsp3) is 0.242. The smallest absolute Gasteiger partial charge is 0.140 e. The average Bonchev–Trinajstić information content (AvgIpc) is 3.40. The van der Waals surface area contributed by atoms with Gasteiger partial charge in [-0.05, 0) is 65.6 Å². The van der Waals surface area contributed by atoms with E-state index in [0.717, 1.165) is 62.7 Å². The summed E-state index contributed by atoms with van der Waals surface area (Å²) in [6.07, 6.45) is 4.44. The number of hydrogen-bond acceptors (Lipinski definition) is 7. The fourth-order valence-electron chi connectivity index (χ4n) is 5.04. The van der Waals surface area contributed by atoms with Crippen molar-refractivity contribution in [1.29, 1.82) is 5.26 Å². The molecule has 0 unspecified atom stereocenters. The number of benzene rings is 3. The highest BCUT2D eigenvalue weighted by atomic mass is 16.5. The molecule has 208 valence electrons. The maximum absolute atomic E-state index is 9.37. The number of pyridine rings is 1. The third kappa shape index (κ3) is 5.80. The van der Waals surface area contributed by atoms with Crippen LogP contribution in [-0.4, -0.2) is 35.8 Å². The number of aromatic nitrogens is 3. The van der Waals surface area contributed by atoms with E-state index >= 15 is 0 Å². The van der Waals surface area contributed by atoms with Crippen molar-refractivity contribution in [1.82, 2.24) is 14.5 Å². The Morgan fingerprint density at radius 2 is 1.46 bits per heavy atom. The molecule has 0 aliphatic rings. The van der Waals surface area contributed by atoms with Gasteiger partial charge in [0.25, 0.3) is 0 Å². The molecule has 0 saturated heterocycles. The molecule has 0 radical (unpaired) electrons. The van der Waals surface area contributed by atoms with Crippen LogP contribution in [0.15, 0.2) is 79.3 Å². The molecule has 0 bridgehead atoms. The molecule has 0 aliphatic carbocycles. The number of ether oxygens (including phenoxy) is 2. The fourth-order valence-corrected chi connectivity index (χ4v) is 5.04. The minimum atomic E-state index is 0.423. The lowest BCUT2D eigenvalue weighted by molar-refractivity contribution is 0.414. The first-order chi connectivity index (χ1) is 19.9. The summed E-state index contributed by atoms with van der Waals surface area (Å²) in [4.78, 5) is 13.7. The van der Waals surface area contributed by atoms with Crippen LogP contribution < -0.4 is 19.3 Å². The van der Waals surface area contributed by atoms with Crippen LogP contribution in [0.25, 0.3) is 11.0 Å². The van der Waals surface area contributed by atoms with Crippen molar-refractivity contribution < 1.29 is 9.47 Å². The maximum atomic E-state index is 9.37. The molecule has 5 rings (SSSR count). The lowest BCUT2D eigenvalue weighted by atomic mass is 10.1. The molecule has 0 N–H and O–H groups in total. The lowest BCUT2D eigenvalue weighted by Gasteiger charge is -2.28. The normalized spacial score (nSPS) is 10.8. The third-order valence-electron chi connectivity index (χ3n) is 7.41. The Morgan fingerprint density at radius 3 is 2.00 bits per heavy atom. The van der Waals surface area contributed by atoms with Gasteiger partial charge in [-0.3, -0.25) is 0 Å². The van der Waals surface area contributed by atoms with Gasteiger partial charge in [0.2, 0.25) is 0 Å². The summed E-state index contributed by atoms with van der Waals surface area (Å²) in [5.41, 5.74) is 8.77. The summed E-state index contributed by atoms with van der Waals surface area (Å²) in [6.45, 7) is 3.44. The number of hydrogen-bond donors (Lipinski definition) is 0. The molecular formula is C33H34N6O2. The summed E-state index contributed by atoms with van der Waals surface area (Å²) >= 11 is 0. The number of imidazole rings is 1. The molecular weight excluding hydrogens is 512 g/mol.